The summed E-state index contributed by atoms with van der Waals surface area (Å²) < 4.78 is 5.00. The number of rotatable bonds is 2. The molecule has 2 atom stereocenters. The molecule has 0 saturated carbocycles. The first-order chi connectivity index (χ1) is 7.07. The lowest BCUT2D eigenvalue weighted by Crippen LogP contribution is -2.65. The number of aliphatic carboxylic acids is 1. The molecule has 2 heterocycles. The van der Waals surface area contributed by atoms with E-state index in [1.807, 2.05) is 0 Å². The van der Waals surface area contributed by atoms with Crippen molar-refractivity contribution in [2.24, 2.45) is 0 Å². The van der Waals surface area contributed by atoms with Crippen molar-refractivity contribution in [1.29, 1.82) is 0 Å². The minimum absolute atomic E-state index is 0.122. The number of fused-ring (bicyclic) bond motifs is 1. The van der Waals surface area contributed by atoms with Gasteiger partial charge in [0.1, 0.15) is 11.1 Å². The van der Waals surface area contributed by atoms with Crippen molar-refractivity contribution in [1.82, 2.24) is 4.90 Å². The standard InChI is InChI=1S/C9H11NO4S/c1-4-3-15-8-6(14-2)7(11)10(8)5(4)9(12)13/h6,8H,3H2,1-2H3,(H,12,13)/t6?,8-/m0/s1. The molecule has 1 saturated heterocycles. The summed E-state index contributed by atoms with van der Waals surface area (Å²) >= 11 is 1.54. The maximum absolute atomic E-state index is 11.6. The molecule has 0 spiro atoms. The summed E-state index contributed by atoms with van der Waals surface area (Å²) in [6, 6.07) is 0. The lowest BCUT2D eigenvalue weighted by Gasteiger charge is -2.48. The summed E-state index contributed by atoms with van der Waals surface area (Å²) in [4.78, 5) is 23.9. The summed E-state index contributed by atoms with van der Waals surface area (Å²) in [5, 5.41) is 8.84. The summed E-state index contributed by atoms with van der Waals surface area (Å²) in [6.45, 7) is 1.74. The van der Waals surface area contributed by atoms with Gasteiger partial charge in [0.2, 0.25) is 0 Å². The Morgan fingerprint density at radius 3 is 2.87 bits per heavy atom. The normalized spacial score (nSPS) is 30.0. The van der Waals surface area contributed by atoms with E-state index >= 15 is 0 Å². The lowest BCUT2D eigenvalue weighted by atomic mass is 10.1. The molecule has 6 heteroatoms. The highest BCUT2D eigenvalue weighted by atomic mass is 32.2. The van der Waals surface area contributed by atoms with Crippen LogP contribution < -0.4 is 0 Å². The fraction of sp³-hybridized carbons (Fsp3) is 0.556. The van der Waals surface area contributed by atoms with E-state index in [0.29, 0.717) is 5.75 Å². The highest BCUT2D eigenvalue weighted by Crippen LogP contribution is 2.40. The van der Waals surface area contributed by atoms with E-state index in [2.05, 4.69) is 0 Å². The number of carboxylic acids is 1. The Hall–Kier alpha value is -1.01. The Labute approximate surface area is 91.1 Å². The topological polar surface area (TPSA) is 66.8 Å². The molecule has 1 N–H and O–H groups in total. The summed E-state index contributed by atoms with van der Waals surface area (Å²) in [6.07, 6.45) is -0.488. The number of hydrogen-bond acceptors (Lipinski definition) is 4. The van der Waals surface area contributed by atoms with Crippen LogP contribution in [0.15, 0.2) is 11.3 Å². The molecule has 5 nitrogen and oxygen atoms in total. The number of carboxylic acid groups (broad SMARTS) is 1. The predicted octanol–water partition coefficient (Wildman–Crippen LogP) is 0.275. The third-order valence-electron chi connectivity index (χ3n) is 2.57. The SMILES string of the molecule is COC1C(=O)N2C(C(=O)O)=C(C)CS[C@@H]12. The first-order valence-corrected chi connectivity index (χ1v) is 5.53. The monoisotopic (exact) mass is 229 g/mol. The van der Waals surface area contributed by atoms with Crippen molar-refractivity contribution < 1.29 is 19.4 Å². The van der Waals surface area contributed by atoms with E-state index in [1.165, 1.54) is 23.8 Å². The molecule has 0 radical (unpaired) electrons. The molecule has 2 aliphatic rings. The van der Waals surface area contributed by atoms with E-state index in [9.17, 15) is 9.59 Å². The van der Waals surface area contributed by atoms with Gasteiger partial charge in [-0.25, -0.2) is 4.79 Å². The quantitative estimate of drug-likeness (QED) is 0.689. The van der Waals surface area contributed by atoms with Gasteiger partial charge in [0.05, 0.1) is 0 Å². The van der Waals surface area contributed by atoms with Gasteiger partial charge >= 0.3 is 5.97 Å². The number of β-lactam (4-membered cyclic amide) rings is 1. The molecule has 2 aliphatic heterocycles. The summed E-state index contributed by atoms with van der Waals surface area (Å²) in [5.41, 5.74) is 0.851. The number of thioether (sulfide) groups is 1. The number of nitrogens with zero attached hydrogens (tertiary/aromatic N) is 1. The molecule has 82 valence electrons. The van der Waals surface area contributed by atoms with Crippen LogP contribution in [0.4, 0.5) is 0 Å². The molecule has 1 amide bonds. The van der Waals surface area contributed by atoms with E-state index in [4.69, 9.17) is 9.84 Å². The van der Waals surface area contributed by atoms with E-state index < -0.39 is 12.1 Å². The van der Waals surface area contributed by atoms with Crippen molar-refractivity contribution in [3.05, 3.63) is 11.3 Å². The third-order valence-corrected chi connectivity index (χ3v) is 3.97. The van der Waals surface area contributed by atoms with Gasteiger partial charge in [-0.3, -0.25) is 9.69 Å². The number of methoxy groups -OCH3 is 1. The van der Waals surface area contributed by atoms with Gasteiger partial charge < -0.3 is 9.84 Å². The van der Waals surface area contributed by atoms with Gasteiger partial charge in [-0.2, -0.15) is 0 Å². The number of carbonyl (C=O) groups excluding carboxylic acids is 1. The van der Waals surface area contributed by atoms with Crippen molar-refractivity contribution in [2.75, 3.05) is 12.9 Å². The fourth-order valence-corrected chi connectivity index (χ4v) is 3.14. The van der Waals surface area contributed by atoms with Crippen molar-refractivity contribution in [3.8, 4) is 0 Å². The number of ether oxygens (including phenoxy) is 1. The zero-order chi connectivity index (χ0) is 11.2. The number of carbonyl (C=O) groups is 2. The van der Waals surface area contributed by atoms with Gasteiger partial charge in [-0.05, 0) is 12.5 Å². The predicted molar refractivity (Wildman–Crippen MR) is 54.2 cm³/mol. The summed E-state index contributed by atoms with van der Waals surface area (Å²) in [5.74, 6) is -0.664. The van der Waals surface area contributed by atoms with E-state index in [1.54, 1.807) is 6.92 Å². The first-order valence-electron chi connectivity index (χ1n) is 4.48. The Morgan fingerprint density at radius 2 is 2.33 bits per heavy atom. The largest absolute Gasteiger partial charge is 0.477 e. The van der Waals surface area contributed by atoms with Crippen LogP contribution in [0.1, 0.15) is 6.92 Å². The van der Waals surface area contributed by atoms with Crippen LogP contribution in [0.3, 0.4) is 0 Å². The zero-order valence-electron chi connectivity index (χ0n) is 8.39. The smallest absolute Gasteiger partial charge is 0.352 e. The third kappa shape index (κ3) is 1.36. The van der Waals surface area contributed by atoms with Crippen LogP contribution in [0.5, 0.6) is 0 Å². The van der Waals surface area contributed by atoms with Crippen LogP contribution in [0.25, 0.3) is 0 Å². The Morgan fingerprint density at radius 1 is 1.67 bits per heavy atom. The van der Waals surface area contributed by atoms with Crippen LogP contribution in [-0.4, -0.2) is 46.2 Å². The maximum atomic E-state index is 11.6. The van der Waals surface area contributed by atoms with Crippen LogP contribution in [0.2, 0.25) is 0 Å². The molecule has 1 fully saturated rings. The Bertz CT molecular complexity index is 365. The molecule has 0 aromatic carbocycles. The Kier molecular flexibility index (Phi) is 2.47. The van der Waals surface area contributed by atoms with Crippen molar-refractivity contribution in [2.45, 2.75) is 18.4 Å². The van der Waals surface area contributed by atoms with Crippen molar-refractivity contribution in [3.63, 3.8) is 0 Å². The van der Waals surface area contributed by atoms with Crippen LogP contribution in [-0.2, 0) is 14.3 Å². The second-order valence-corrected chi connectivity index (χ2v) is 4.61. The van der Waals surface area contributed by atoms with Gasteiger partial charge in [-0.1, -0.05) is 0 Å². The minimum atomic E-state index is -1.04. The highest BCUT2D eigenvalue weighted by molar-refractivity contribution is 8.00. The number of hydrogen-bond donors (Lipinski definition) is 1. The van der Waals surface area contributed by atoms with Crippen LogP contribution >= 0.6 is 11.8 Å². The van der Waals surface area contributed by atoms with Crippen LogP contribution in [0, 0.1) is 0 Å². The molecule has 0 bridgehead atoms. The van der Waals surface area contributed by atoms with Crippen molar-refractivity contribution >= 4 is 23.6 Å². The number of amides is 1. The second-order valence-electron chi connectivity index (χ2n) is 3.50. The van der Waals surface area contributed by atoms with E-state index in [-0.39, 0.29) is 17.0 Å². The molecule has 15 heavy (non-hydrogen) atoms. The average Bonchev–Trinajstić information content (AvgIpc) is 2.18. The maximum Gasteiger partial charge on any atom is 0.352 e. The molecular formula is C9H11NO4S. The molecule has 0 aliphatic carbocycles. The van der Waals surface area contributed by atoms with Gasteiger partial charge in [0.25, 0.3) is 5.91 Å². The molecule has 1 unspecified atom stereocenters. The lowest BCUT2D eigenvalue weighted by molar-refractivity contribution is -0.162. The fourth-order valence-electron chi connectivity index (χ4n) is 1.82. The zero-order valence-corrected chi connectivity index (χ0v) is 9.21. The minimum Gasteiger partial charge on any atom is -0.477 e. The van der Waals surface area contributed by atoms with Gasteiger partial charge in [0.15, 0.2) is 6.10 Å². The first kappa shape index (κ1) is 10.5. The van der Waals surface area contributed by atoms with Gasteiger partial charge in [0, 0.05) is 12.9 Å². The molecular weight excluding hydrogens is 218 g/mol. The average molecular weight is 229 g/mol. The second kappa shape index (κ2) is 3.53. The molecule has 0 aromatic rings. The molecule has 0 aromatic heterocycles. The summed E-state index contributed by atoms with van der Waals surface area (Å²) in [7, 11) is 1.46. The molecule has 2 rings (SSSR count). The Balaban J connectivity index is 2.32. The van der Waals surface area contributed by atoms with E-state index in [0.717, 1.165) is 5.57 Å². The van der Waals surface area contributed by atoms with Gasteiger partial charge in [-0.15, -0.1) is 11.8 Å². The highest BCUT2D eigenvalue weighted by Gasteiger charge is 2.53.